The molecular weight excluding hydrogens is 757 g/mol. The van der Waals surface area contributed by atoms with Gasteiger partial charge in [-0.1, -0.05) is 152 Å². The Kier molecular flexibility index (Phi) is 7.57. The molecule has 13 aromatic rings. The molecule has 13 rings (SSSR count). The van der Waals surface area contributed by atoms with Crippen molar-refractivity contribution in [3.05, 3.63) is 218 Å². The lowest BCUT2D eigenvalue weighted by atomic mass is 9.95. The molecule has 0 bridgehead atoms. The Balaban J connectivity index is 1.09. The topological polar surface area (TPSA) is 34.5 Å². The van der Waals surface area contributed by atoms with Crippen LogP contribution in [0.25, 0.3) is 104 Å². The molecule has 0 radical (unpaired) electrons. The highest BCUT2D eigenvalue weighted by atomic mass is 16.3. The fourth-order valence-corrected chi connectivity index (χ4v) is 9.93. The number of hydrogen-bond donors (Lipinski definition) is 0. The van der Waals surface area contributed by atoms with Gasteiger partial charge in [-0.2, -0.15) is 0 Å². The maximum absolute atomic E-state index is 7.02. The van der Waals surface area contributed by atoms with E-state index < -0.39 is 0 Å². The molecule has 0 aliphatic heterocycles. The van der Waals surface area contributed by atoms with Crippen molar-refractivity contribution in [1.29, 1.82) is 0 Å². The third-order valence-electron chi connectivity index (χ3n) is 12.6. The summed E-state index contributed by atoms with van der Waals surface area (Å²) in [5.74, 6) is 0. The van der Waals surface area contributed by atoms with Crippen LogP contribution in [-0.2, 0) is 0 Å². The number of aromatic nitrogens is 1. The van der Waals surface area contributed by atoms with E-state index in [0.29, 0.717) is 0 Å². The van der Waals surface area contributed by atoms with Gasteiger partial charge >= 0.3 is 0 Å². The second kappa shape index (κ2) is 13.6. The summed E-state index contributed by atoms with van der Waals surface area (Å²) in [5.41, 5.74) is 14.4. The number of fused-ring (bicyclic) bond motifs is 10. The fraction of sp³-hybridized carbons (Fsp3) is 0. The molecule has 0 spiro atoms. The Hall–Kier alpha value is -8.34. The molecule has 3 heterocycles. The molecule has 10 aromatic carbocycles. The second-order valence-corrected chi connectivity index (χ2v) is 16.0. The lowest BCUT2D eigenvalue weighted by Crippen LogP contribution is -2.12. The van der Waals surface area contributed by atoms with E-state index in [1.807, 2.05) is 12.1 Å². The average Bonchev–Trinajstić information content (AvgIpc) is 4.02. The van der Waals surface area contributed by atoms with Gasteiger partial charge in [-0.05, 0) is 83.2 Å². The normalized spacial score (nSPS) is 11.9. The van der Waals surface area contributed by atoms with Crippen LogP contribution in [0.2, 0.25) is 0 Å². The number of anilines is 3. The van der Waals surface area contributed by atoms with Crippen LogP contribution in [0.4, 0.5) is 17.1 Å². The molecule has 0 unspecified atom stereocenters. The van der Waals surface area contributed by atoms with E-state index >= 15 is 0 Å². The molecule has 0 aliphatic carbocycles. The first-order valence-electron chi connectivity index (χ1n) is 21.1. The number of rotatable bonds is 6. The predicted octanol–water partition coefficient (Wildman–Crippen LogP) is 16.5. The summed E-state index contributed by atoms with van der Waals surface area (Å²) in [4.78, 5) is 2.45. The highest BCUT2D eigenvalue weighted by Gasteiger charge is 2.26. The van der Waals surface area contributed by atoms with Gasteiger partial charge in [0.15, 0.2) is 0 Å². The van der Waals surface area contributed by atoms with Crippen molar-refractivity contribution in [3.8, 4) is 27.9 Å². The Morgan fingerprint density at radius 2 is 0.903 bits per heavy atom. The van der Waals surface area contributed by atoms with Crippen molar-refractivity contribution in [2.75, 3.05) is 4.90 Å². The predicted molar refractivity (Wildman–Crippen MR) is 258 cm³/mol. The summed E-state index contributed by atoms with van der Waals surface area (Å²) in [5, 5.41) is 9.11. The number of para-hydroxylation sites is 5. The molecule has 0 saturated carbocycles. The Labute approximate surface area is 356 Å². The Morgan fingerprint density at radius 3 is 1.71 bits per heavy atom. The maximum atomic E-state index is 7.02. The zero-order valence-electron chi connectivity index (χ0n) is 33.5. The number of benzene rings is 10. The van der Waals surface area contributed by atoms with Crippen molar-refractivity contribution in [1.82, 2.24) is 4.57 Å². The van der Waals surface area contributed by atoms with Gasteiger partial charge in [0.2, 0.25) is 0 Å². The third-order valence-corrected chi connectivity index (χ3v) is 12.6. The van der Waals surface area contributed by atoms with Crippen molar-refractivity contribution in [3.63, 3.8) is 0 Å². The molecule has 0 saturated heterocycles. The van der Waals surface area contributed by atoms with E-state index in [2.05, 4.69) is 216 Å². The first-order chi connectivity index (χ1) is 30.8. The van der Waals surface area contributed by atoms with Gasteiger partial charge in [0.25, 0.3) is 0 Å². The molecule has 0 aliphatic rings. The van der Waals surface area contributed by atoms with Gasteiger partial charge in [-0.25, -0.2) is 0 Å². The molecule has 0 amide bonds. The zero-order valence-corrected chi connectivity index (χ0v) is 33.5. The van der Waals surface area contributed by atoms with E-state index in [1.165, 1.54) is 27.2 Å². The SMILES string of the molecule is c1cc(-c2ccc(N(c3ccccc3-c3cccc4oc5ccccc5c34)c3cccc4ccccc34)c3c2oc2ccccc23)cc(-n2c3ccccc3c3ccccc32)c1. The lowest BCUT2D eigenvalue weighted by molar-refractivity contribution is 0.669. The molecule has 4 heteroatoms. The number of hydrogen-bond acceptors (Lipinski definition) is 3. The van der Waals surface area contributed by atoms with Gasteiger partial charge in [-0.3, -0.25) is 0 Å². The van der Waals surface area contributed by atoms with Crippen molar-refractivity contribution in [2.45, 2.75) is 0 Å². The standard InChI is InChI=1S/C58H36N2O2/c1-2-20-40-37(16-1)17-14-30-48(40)60(51-29-10-5-23-44(51)45-26-15-33-55-56(45)46-24-6-11-31-53(46)61-55)52-35-34-41(58-57(52)47-25-7-12-32-54(47)62-58)38-18-13-19-39(36-38)59-49-27-8-3-21-42(49)43-22-4-9-28-50(43)59/h1-36H. The lowest BCUT2D eigenvalue weighted by Gasteiger charge is -2.30. The van der Waals surface area contributed by atoms with Crippen molar-refractivity contribution in [2.24, 2.45) is 0 Å². The van der Waals surface area contributed by atoms with E-state index in [-0.39, 0.29) is 0 Å². The summed E-state index contributed by atoms with van der Waals surface area (Å²) in [6.45, 7) is 0. The first-order valence-corrected chi connectivity index (χ1v) is 21.1. The highest BCUT2D eigenvalue weighted by Crippen LogP contribution is 2.51. The summed E-state index contributed by atoms with van der Waals surface area (Å²) in [7, 11) is 0. The summed E-state index contributed by atoms with van der Waals surface area (Å²) < 4.78 is 15.8. The minimum atomic E-state index is 0.841. The molecule has 4 nitrogen and oxygen atoms in total. The molecule has 0 N–H and O–H groups in total. The van der Waals surface area contributed by atoms with E-state index in [0.717, 1.165) is 94.3 Å². The quantitative estimate of drug-likeness (QED) is 0.168. The second-order valence-electron chi connectivity index (χ2n) is 16.0. The van der Waals surface area contributed by atoms with Crippen LogP contribution in [0.1, 0.15) is 0 Å². The molecule has 0 atom stereocenters. The van der Waals surface area contributed by atoms with Gasteiger partial charge in [0.1, 0.15) is 22.3 Å². The Morgan fingerprint density at radius 1 is 0.339 bits per heavy atom. The maximum Gasteiger partial charge on any atom is 0.145 e. The van der Waals surface area contributed by atoms with Crippen LogP contribution in [0, 0.1) is 0 Å². The van der Waals surface area contributed by atoms with Crippen LogP contribution in [0.5, 0.6) is 0 Å². The fourth-order valence-electron chi connectivity index (χ4n) is 9.93. The minimum Gasteiger partial charge on any atom is -0.456 e. The van der Waals surface area contributed by atoms with E-state index in [4.69, 9.17) is 8.83 Å². The highest BCUT2D eigenvalue weighted by molar-refractivity contribution is 6.20. The van der Waals surface area contributed by atoms with Gasteiger partial charge in [-0.15, -0.1) is 0 Å². The van der Waals surface area contributed by atoms with E-state index in [9.17, 15) is 0 Å². The smallest absolute Gasteiger partial charge is 0.145 e. The molecule has 290 valence electrons. The van der Waals surface area contributed by atoms with Crippen LogP contribution in [-0.4, -0.2) is 4.57 Å². The first kappa shape index (κ1) is 34.5. The van der Waals surface area contributed by atoms with Crippen molar-refractivity contribution < 1.29 is 8.83 Å². The van der Waals surface area contributed by atoms with E-state index in [1.54, 1.807) is 0 Å². The van der Waals surface area contributed by atoms with Gasteiger partial charge in [0.05, 0.1) is 33.5 Å². The largest absolute Gasteiger partial charge is 0.456 e. The third kappa shape index (κ3) is 5.14. The minimum absolute atomic E-state index is 0.841. The molecule has 3 aromatic heterocycles. The Bertz CT molecular complexity index is 3840. The number of nitrogens with zero attached hydrogens (tertiary/aromatic N) is 2. The van der Waals surface area contributed by atoms with Crippen LogP contribution in [0.15, 0.2) is 227 Å². The number of furan rings is 2. The van der Waals surface area contributed by atoms with Crippen molar-refractivity contribution >= 4 is 93.5 Å². The molecule has 62 heavy (non-hydrogen) atoms. The monoisotopic (exact) mass is 792 g/mol. The molecule has 0 fully saturated rings. The zero-order chi connectivity index (χ0) is 40.7. The van der Waals surface area contributed by atoms with Gasteiger partial charge in [0, 0.05) is 49.1 Å². The van der Waals surface area contributed by atoms with Crippen LogP contribution >= 0.6 is 0 Å². The summed E-state index contributed by atoms with van der Waals surface area (Å²) >= 11 is 0. The summed E-state index contributed by atoms with van der Waals surface area (Å²) in [6.07, 6.45) is 0. The summed E-state index contributed by atoms with van der Waals surface area (Å²) in [6, 6.07) is 77.9. The average molecular weight is 793 g/mol. The van der Waals surface area contributed by atoms with Gasteiger partial charge < -0.3 is 18.3 Å². The molecular formula is C58H36N2O2. The van der Waals surface area contributed by atoms with Crippen LogP contribution in [0.3, 0.4) is 0 Å². The van der Waals surface area contributed by atoms with Crippen LogP contribution < -0.4 is 4.90 Å².